The third-order valence-corrected chi connectivity index (χ3v) is 3.08. The van der Waals surface area contributed by atoms with Gasteiger partial charge in [0.1, 0.15) is 5.76 Å². The standard InChI is InChI=1S/C14H24N2O4/c1-4-16(5-2)8-12-6-7-13(20-12)14(18)15-11(9-17)10-19-3/h6-7,11,17H,4-5,8-10H2,1-3H3,(H,15,18). The molecule has 1 aromatic rings. The van der Waals surface area contributed by atoms with Crippen LogP contribution in [0.2, 0.25) is 0 Å². The minimum absolute atomic E-state index is 0.174. The minimum atomic E-state index is -0.427. The molecule has 0 spiro atoms. The SMILES string of the molecule is CCN(CC)Cc1ccc(C(=O)NC(CO)COC)o1. The van der Waals surface area contributed by atoms with Crippen molar-refractivity contribution < 1.29 is 19.1 Å². The monoisotopic (exact) mass is 284 g/mol. The molecule has 1 unspecified atom stereocenters. The molecule has 1 amide bonds. The molecular formula is C14H24N2O4. The van der Waals surface area contributed by atoms with E-state index in [0.717, 1.165) is 18.8 Å². The molecule has 1 heterocycles. The first-order valence-corrected chi connectivity index (χ1v) is 6.86. The van der Waals surface area contributed by atoms with Crippen LogP contribution in [0.1, 0.15) is 30.2 Å². The average Bonchev–Trinajstić information content (AvgIpc) is 2.92. The Labute approximate surface area is 119 Å². The smallest absolute Gasteiger partial charge is 0.287 e. The summed E-state index contributed by atoms with van der Waals surface area (Å²) < 4.78 is 10.4. The lowest BCUT2D eigenvalue weighted by molar-refractivity contribution is 0.0811. The fourth-order valence-electron chi connectivity index (χ4n) is 1.85. The molecule has 0 aliphatic heterocycles. The Hall–Kier alpha value is -1.37. The van der Waals surface area contributed by atoms with Gasteiger partial charge in [0.15, 0.2) is 5.76 Å². The van der Waals surface area contributed by atoms with Crippen molar-refractivity contribution in [1.82, 2.24) is 10.2 Å². The van der Waals surface area contributed by atoms with Crippen LogP contribution in [-0.2, 0) is 11.3 Å². The Kier molecular flexibility index (Phi) is 7.28. The zero-order chi connectivity index (χ0) is 15.0. The molecule has 0 aromatic carbocycles. The van der Waals surface area contributed by atoms with E-state index in [1.165, 1.54) is 7.11 Å². The van der Waals surface area contributed by atoms with E-state index in [-0.39, 0.29) is 24.9 Å². The van der Waals surface area contributed by atoms with Crippen molar-refractivity contribution in [2.75, 3.05) is 33.4 Å². The maximum atomic E-state index is 11.9. The molecule has 0 radical (unpaired) electrons. The number of carbonyl (C=O) groups is 1. The highest BCUT2D eigenvalue weighted by Crippen LogP contribution is 2.10. The van der Waals surface area contributed by atoms with Gasteiger partial charge in [-0.05, 0) is 25.2 Å². The maximum absolute atomic E-state index is 11.9. The lowest BCUT2D eigenvalue weighted by atomic mass is 10.3. The number of aliphatic hydroxyl groups is 1. The molecule has 0 saturated carbocycles. The third kappa shape index (κ3) is 4.96. The predicted octanol–water partition coefficient (Wildman–Crippen LogP) is 0.858. The number of ether oxygens (including phenoxy) is 1. The number of hydrogen-bond acceptors (Lipinski definition) is 5. The van der Waals surface area contributed by atoms with E-state index in [2.05, 4.69) is 24.1 Å². The van der Waals surface area contributed by atoms with Gasteiger partial charge in [0.25, 0.3) is 5.91 Å². The van der Waals surface area contributed by atoms with Crippen LogP contribution in [0.15, 0.2) is 16.5 Å². The second kappa shape index (κ2) is 8.73. The van der Waals surface area contributed by atoms with Gasteiger partial charge in [-0.1, -0.05) is 13.8 Å². The van der Waals surface area contributed by atoms with Gasteiger partial charge in [0, 0.05) is 7.11 Å². The summed E-state index contributed by atoms with van der Waals surface area (Å²) in [4.78, 5) is 14.1. The van der Waals surface area contributed by atoms with Crippen LogP contribution >= 0.6 is 0 Å². The van der Waals surface area contributed by atoms with E-state index < -0.39 is 6.04 Å². The highest BCUT2D eigenvalue weighted by molar-refractivity contribution is 5.91. The zero-order valence-corrected chi connectivity index (χ0v) is 12.4. The molecule has 0 bridgehead atoms. The van der Waals surface area contributed by atoms with Crippen LogP contribution in [0.4, 0.5) is 0 Å². The molecule has 2 N–H and O–H groups in total. The molecule has 0 saturated heterocycles. The number of rotatable bonds is 9. The topological polar surface area (TPSA) is 74.9 Å². The lowest BCUT2D eigenvalue weighted by Crippen LogP contribution is -2.40. The first kappa shape index (κ1) is 16.7. The van der Waals surface area contributed by atoms with E-state index in [0.29, 0.717) is 6.54 Å². The number of methoxy groups -OCH3 is 1. The second-order valence-electron chi connectivity index (χ2n) is 4.54. The molecule has 1 aromatic heterocycles. The van der Waals surface area contributed by atoms with Crippen molar-refractivity contribution >= 4 is 5.91 Å². The van der Waals surface area contributed by atoms with Crippen LogP contribution in [-0.4, -0.2) is 55.4 Å². The Bertz CT molecular complexity index is 402. The minimum Gasteiger partial charge on any atom is -0.455 e. The molecule has 1 atom stereocenters. The number of nitrogens with one attached hydrogen (secondary N) is 1. The largest absolute Gasteiger partial charge is 0.455 e. The van der Waals surface area contributed by atoms with Gasteiger partial charge in [-0.3, -0.25) is 9.69 Å². The average molecular weight is 284 g/mol. The highest BCUT2D eigenvalue weighted by atomic mass is 16.5. The summed E-state index contributed by atoms with van der Waals surface area (Å²) >= 11 is 0. The number of amides is 1. The van der Waals surface area contributed by atoms with Crippen LogP contribution < -0.4 is 5.32 Å². The van der Waals surface area contributed by atoms with E-state index in [4.69, 9.17) is 14.3 Å². The molecule has 1 rings (SSSR count). The van der Waals surface area contributed by atoms with Gasteiger partial charge < -0.3 is 19.6 Å². The van der Waals surface area contributed by atoms with Crippen molar-refractivity contribution in [3.8, 4) is 0 Å². The third-order valence-electron chi connectivity index (χ3n) is 3.08. The first-order valence-electron chi connectivity index (χ1n) is 6.86. The van der Waals surface area contributed by atoms with Crippen LogP contribution in [0.25, 0.3) is 0 Å². The zero-order valence-electron chi connectivity index (χ0n) is 12.4. The van der Waals surface area contributed by atoms with Crippen LogP contribution in [0, 0.1) is 0 Å². The van der Waals surface area contributed by atoms with E-state index >= 15 is 0 Å². The normalized spacial score (nSPS) is 12.7. The van der Waals surface area contributed by atoms with Crippen molar-refractivity contribution in [3.63, 3.8) is 0 Å². The second-order valence-corrected chi connectivity index (χ2v) is 4.54. The summed E-state index contributed by atoms with van der Waals surface area (Å²) in [6, 6.07) is 3.02. The van der Waals surface area contributed by atoms with Gasteiger partial charge >= 0.3 is 0 Å². The van der Waals surface area contributed by atoms with Gasteiger partial charge in [-0.25, -0.2) is 0 Å². The van der Waals surface area contributed by atoms with Gasteiger partial charge in [0.05, 0.1) is 25.8 Å². The number of aliphatic hydroxyl groups excluding tert-OH is 1. The predicted molar refractivity (Wildman–Crippen MR) is 75.5 cm³/mol. The van der Waals surface area contributed by atoms with Crippen LogP contribution in [0.5, 0.6) is 0 Å². The number of nitrogens with zero attached hydrogens (tertiary/aromatic N) is 1. The fourth-order valence-corrected chi connectivity index (χ4v) is 1.85. The molecule has 0 aliphatic carbocycles. The van der Waals surface area contributed by atoms with Crippen LogP contribution in [0.3, 0.4) is 0 Å². The summed E-state index contributed by atoms with van der Waals surface area (Å²) in [5, 5.41) is 11.8. The van der Waals surface area contributed by atoms with Crippen molar-refractivity contribution in [2.24, 2.45) is 0 Å². The molecule has 6 nitrogen and oxygen atoms in total. The number of furan rings is 1. The first-order chi connectivity index (χ1) is 9.64. The Balaban J connectivity index is 2.59. The van der Waals surface area contributed by atoms with Gasteiger partial charge in [0.2, 0.25) is 0 Å². The van der Waals surface area contributed by atoms with Crippen molar-refractivity contribution in [2.45, 2.75) is 26.4 Å². The number of carbonyl (C=O) groups excluding carboxylic acids is 1. The van der Waals surface area contributed by atoms with Gasteiger partial charge in [-0.2, -0.15) is 0 Å². The summed E-state index contributed by atoms with van der Waals surface area (Å²) in [5.74, 6) is 0.666. The molecule has 20 heavy (non-hydrogen) atoms. The molecular weight excluding hydrogens is 260 g/mol. The Morgan fingerprint density at radius 3 is 2.70 bits per heavy atom. The van der Waals surface area contributed by atoms with E-state index in [1.54, 1.807) is 12.1 Å². The fraction of sp³-hybridized carbons (Fsp3) is 0.643. The molecule has 0 aliphatic rings. The molecule has 114 valence electrons. The summed E-state index contributed by atoms with van der Waals surface area (Å²) in [7, 11) is 1.52. The maximum Gasteiger partial charge on any atom is 0.287 e. The van der Waals surface area contributed by atoms with Gasteiger partial charge in [-0.15, -0.1) is 0 Å². The Morgan fingerprint density at radius 2 is 2.15 bits per heavy atom. The lowest BCUT2D eigenvalue weighted by Gasteiger charge is -2.16. The summed E-state index contributed by atoms with van der Waals surface area (Å²) in [6.45, 7) is 6.79. The highest BCUT2D eigenvalue weighted by Gasteiger charge is 2.16. The number of hydrogen-bond donors (Lipinski definition) is 2. The Morgan fingerprint density at radius 1 is 1.45 bits per heavy atom. The quantitative estimate of drug-likeness (QED) is 0.703. The van der Waals surface area contributed by atoms with Crippen molar-refractivity contribution in [3.05, 3.63) is 23.7 Å². The molecule has 0 fully saturated rings. The van der Waals surface area contributed by atoms with Crippen molar-refractivity contribution in [1.29, 1.82) is 0 Å². The summed E-state index contributed by atoms with van der Waals surface area (Å²) in [5.41, 5.74) is 0. The van der Waals surface area contributed by atoms with E-state index in [9.17, 15) is 4.79 Å². The van der Waals surface area contributed by atoms with E-state index in [1.807, 2.05) is 0 Å². The molecule has 6 heteroatoms. The summed E-state index contributed by atoms with van der Waals surface area (Å²) in [6.07, 6.45) is 0.